The smallest absolute Gasteiger partial charge is 0.134 e. The van der Waals surface area contributed by atoms with Crippen molar-refractivity contribution in [1.82, 2.24) is 10.2 Å². The molecule has 2 fully saturated rings. The molecule has 2 saturated heterocycles. The van der Waals surface area contributed by atoms with Gasteiger partial charge in [0, 0.05) is 43.6 Å². The molecule has 1 aromatic carbocycles. The van der Waals surface area contributed by atoms with Gasteiger partial charge in [0.1, 0.15) is 11.3 Å². The Morgan fingerprint density at radius 2 is 1.89 bits per heavy atom. The topological polar surface area (TPSA) is 46.9 Å². The number of para-hydroxylation sites is 1. The number of hydrogen-bond donors (Lipinski definition) is 1. The molecule has 1 aromatic heterocycles. The normalized spacial score (nSPS) is 23.9. The van der Waals surface area contributed by atoms with E-state index in [0.717, 1.165) is 63.8 Å². The SMILES string of the molecule is CC(C)(C)[C@H](NC[C@@H]([C@H]1CCOC1)N1CCOCC1)c1cc2ccccc2o1. The minimum Gasteiger partial charge on any atom is -0.459 e. The van der Waals surface area contributed by atoms with Crippen molar-refractivity contribution < 1.29 is 13.9 Å². The van der Waals surface area contributed by atoms with Gasteiger partial charge >= 0.3 is 0 Å². The number of morpholine rings is 1. The van der Waals surface area contributed by atoms with Gasteiger partial charge in [-0.25, -0.2) is 0 Å². The second-order valence-electron chi connectivity index (χ2n) is 9.23. The number of nitrogens with zero attached hydrogens (tertiary/aromatic N) is 1. The van der Waals surface area contributed by atoms with E-state index >= 15 is 0 Å². The number of rotatable bonds is 6. The fourth-order valence-corrected chi connectivity index (χ4v) is 4.58. The first-order valence-electron chi connectivity index (χ1n) is 10.6. The van der Waals surface area contributed by atoms with Crippen LogP contribution in [-0.4, -0.2) is 57.0 Å². The molecule has 2 aromatic rings. The van der Waals surface area contributed by atoms with Crippen molar-refractivity contribution in [3.63, 3.8) is 0 Å². The highest BCUT2D eigenvalue weighted by molar-refractivity contribution is 5.77. The number of ether oxygens (including phenoxy) is 2. The summed E-state index contributed by atoms with van der Waals surface area (Å²) in [4.78, 5) is 2.59. The van der Waals surface area contributed by atoms with Gasteiger partial charge in [0.05, 0.1) is 25.9 Å². The van der Waals surface area contributed by atoms with Gasteiger partial charge in [-0.1, -0.05) is 39.0 Å². The molecule has 0 spiro atoms. The Bertz CT molecular complexity index is 722. The van der Waals surface area contributed by atoms with Crippen molar-refractivity contribution in [1.29, 1.82) is 0 Å². The number of furan rings is 1. The minimum absolute atomic E-state index is 0.0512. The van der Waals surface area contributed by atoms with Gasteiger partial charge in [0.15, 0.2) is 0 Å². The molecule has 0 amide bonds. The van der Waals surface area contributed by atoms with Crippen LogP contribution in [0.4, 0.5) is 0 Å². The van der Waals surface area contributed by atoms with Crippen LogP contribution in [0.3, 0.4) is 0 Å². The molecule has 3 heterocycles. The van der Waals surface area contributed by atoms with Gasteiger partial charge in [-0.2, -0.15) is 0 Å². The van der Waals surface area contributed by atoms with Crippen LogP contribution < -0.4 is 5.32 Å². The summed E-state index contributed by atoms with van der Waals surface area (Å²) in [6.45, 7) is 13.2. The standard InChI is InChI=1S/C23H34N2O3/c1-23(2,3)22(21-14-17-6-4-5-7-20(17)28-21)24-15-19(18-8-11-27-16-18)25-9-12-26-13-10-25/h4-7,14,18-19,22,24H,8-13,15-16H2,1-3H3/t18-,19-,22+/m0/s1. The summed E-state index contributed by atoms with van der Waals surface area (Å²) in [5, 5.41) is 5.05. The Labute approximate surface area is 168 Å². The lowest BCUT2D eigenvalue weighted by Crippen LogP contribution is -2.52. The molecule has 1 N–H and O–H groups in total. The Hall–Kier alpha value is -1.40. The molecule has 5 heteroatoms. The van der Waals surface area contributed by atoms with E-state index in [-0.39, 0.29) is 11.5 Å². The fraction of sp³-hybridized carbons (Fsp3) is 0.652. The monoisotopic (exact) mass is 386 g/mol. The quantitative estimate of drug-likeness (QED) is 0.817. The highest BCUT2D eigenvalue weighted by atomic mass is 16.5. The molecule has 0 radical (unpaired) electrons. The second kappa shape index (κ2) is 8.54. The van der Waals surface area contributed by atoms with E-state index in [4.69, 9.17) is 13.9 Å². The number of nitrogens with one attached hydrogen (secondary N) is 1. The molecule has 2 aliphatic heterocycles. The molecular weight excluding hydrogens is 352 g/mol. The van der Waals surface area contributed by atoms with Crippen molar-refractivity contribution in [3.05, 3.63) is 36.1 Å². The molecule has 0 unspecified atom stereocenters. The predicted octanol–water partition coefficient (Wildman–Crippen LogP) is 3.85. The van der Waals surface area contributed by atoms with Crippen LogP contribution in [0.2, 0.25) is 0 Å². The molecule has 0 saturated carbocycles. The predicted molar refractivity (Wildman–Crippen MR) is 112 cm³/mol. The van der Waals surface area contributed by atoms with Crippen LogP contribution >= 0.6 is 0 Å². The van der Waals surface area contributed by atoms with Crippen LogP contribution in [-0.2, 0) is 9.47 Å². The number of hydrogen-bond acceptors (Lipinski definition) is 5. The van der Waals surface area contributed by atoms with Crippen LogP contribution in [0.15, 0.2) is 34.7 Å². The first kappa shape index (κ1) is 19.9. The molecule has 3 atom stereocenters. The Kier molecular flexibility index (Phi) is 6.07. The Balaban J connectivity index is 1.53. The van der Waals surface area contributed by atoms with E-state index in [2.05, 4.69) is 49.2 Å². The van der Waals surface area contributed by atoms with Crippen LogP contribution in [0.1, 0.15) is 39.0 Å². The van der Waals surface area contributed by atoms with E-state index < -0.39 is 0 Å². The zero-order valence-corrected chi connectivity index (χ0v) is 17.4. The minimum atomic E-state index is 0.0512. The number of benzene rings is 1. The van der Waals surface area contributed by atoms with Crippen LogP contribution in [0.5, 0.6) is 0 Å². The summed E-state index contributed by atoms with van der Waals surface area (Å²) in [6.07, 6.45) is 1.15. The zero-order valence-electron chi connectivity index (χ0n) is 17.4. The molecule has 5 nitrogen and oxygen atoms in total. The first-order chi connectivity index (χ1) is 13.5. The van der Waals surface area contributed by atoms with Crippen molar-refractivity contribution in [3.8, 4) is 0 Å². The molecule has 0 bridgehead atoms. The van der Waals surface area contributed by atoms with Crippen molar-refractivity contribution >= 4 is 11.0 Å². The van der Waals surface area contributed by atoms with Gasteiger partial charge in [-0.3, -0.25) is 4.90 Å². The lowest BCUT2D eigenvalue weighted by atomic mass is 9.84. The van der Waals surface area contributed by atoms with Crippen molar-refractivity contribution in [2.45, 2.75) is 39.3 Å². The maximum Gasteiger partial charge on any atom is 0.134 e. The van der Waals surface area contributed by atoms with Crippen molar-refractivity contribution in [2.24, 2.45) is 11.3 Å². The van der Waals surface area contributed by atoms with Gasteiger partial charge in [-0.05, 0) is 24.0 Å². The highest BCUT2D eigenvalue weighted by Gasteiger charge is 2.34. The van der Waals surface area contributed by atoms with E-state index in [1.54, 1.807) is 0 Å². The zero-order chi connectivity index (χ0) is 19.6. The third kappa shape index (κ3) is 4.43. The maximum atomic E-state index is 6.24. The van der Waals surface area contributed by atoms with E-state index in [0.29, 0.717) is 12.0 Å². The maximum absolute atomic E-state index is 6.24. The molecule has 28 heavy (non-hydrogen) atoms. The average molecular weight is 387 g/mol. The second-order valence-corrected chi connectivity index (χ2v) is 9.23. The summed E-state index contributed by atoms with van der Waals surface area (Å²) in [5.74, 6) is 1.61. The molecule has 2 aliphatic rings. The highest BCUT2D eigenvalue weighted by Crippen LogP contribution is 2.36. The van der Waals surface area contributed by atoms with Gasteiger partial charge in [0.25, 0.3) is 0 Å². The van der Waals surface area contributed by atoms with Crippen LogP contribution in [0, 0.1) is 11.3 Å². The molecular formula is C23H34N2O3. The van der Waals surface area contributed by atoms with Gasteiger partial charge in [-0.15, -0.1) is 0 Å². The van der Waals surface area contributed by atoms with E-state index in [1.165, 1.54) is 5.39 Å². The summed E-state index contributed by atoms with van der Waals surface area (Å²) >= 11 is 0. The van der Waals surface area contributed by atoms with Crippen LogP contribution in [0.25, 0.3) is 11.0 Å². The summed E-state index contributed by atoms with van der Waals surface area (Å²) in [5.41, 5.74) is 1.01. The average Bonchev–Trinajstić information content (AvgIpc) is 3.34. The lowest BCUT2D eigenvalue weighted by molar-refractivity contribution is -0.000485. The Morgan fingerprint density at radius 3 is 2.57 bits per heavy atom. The van der Waals surface area contributed by atoms with Gasteiger partial charge < -0.3 is 19.2 Å². The third-order valence-electron chi connectivity index (χ3n) is 6.15. The third-order valence-corrected chi connectivity index (χ3v) is 6.15. The van der Waals surface area contributed by atoms with Gasteiger partial charge in [0.2, 0.25) is 0 Å². The summed E-state index contributed by atoms with van der Waals surface area (Å²) < 4.78 is 17.5. The fourth-order valence-electron chi connectivity index (χ4n) is 4.58. The number of fused-ring (bicyclic) bond motifs is 1. The summed E-state index contributed by atoms with van der Waals surface area (Å²) in [6, 6.07) is 11.1. The first-order valence-corrected chi connectivity index (χ1v) is 10.6. The lowest BCUT2D eigenvalue weighted by Gasteiger charge is -2.39. The van der Waals surface area contributed by atoms with E-state index in [9.17, 15) is 0 Å². The Morgan fingerprint density at radius 1 is 1.11 bits per heavy atom. The molecule has 4 rings (SSSR count). The van der Waals surface area contributed by atoms with E-state index in [1.807, 2.05) is 12.1 Å². The van der Waals surface area contributed by atoms with Crippen molar-refractivity contribution in [2.75, 3.05) is 46.1 Å². The summed E-state index contributed by atoms with van der Waals surface area (Å²) in [7, 11) is 0. The molecule has 0 aliphatic carbocycles. The molecule has 154 valence electrons. The largest absolute Gasteiger partial charge is 0.459 e.